The molecule has 2 aromatic carbocycles. The van der Waals surface area contributed by atoms with E-state index in [1.54, 1.807) is 6.07 Å². The van der Waals surface area contributed by atoms with Crippen molar-refractivity contribution in [3.63, 3.8) is 0 Å². The predicted octanol–water partition coefficient (Wildman–Crippen LogP) is 3.25. The fourth-order valence-corrected chi connectivity index (χ4v) is 2.56. The Morgan fingerprint density at radius 1 is 1.14 bits per heavy atom. The predicted molar refractivity (Wildman–Crippen MR) is 98.0 cm³/mol. The van der Waals surface area contributed by atoms with E-state index in [0.29, 0.717) is 5.69 Å². The number of ether oxygens (including phenoxy) is 1. The Bertz CT molecular complexity index is 1080. The molecule has 0 aliphatic rings. The first kappa shape index (κ1) is 19.9. The number of alkyl halides is 3. The minimum absolute atomic E-state index is 0.0611. The number of hydrogen-bond acceptors (Lipinski definition) is 4. The molecule has 3 aromatic rings. The van der Waals surface area contributed by atoms with Crippen molar-refractivity contribution in [3.05, 3.63) is 71.5 Å². The van der Waals surface area contributed by atoms with Gasteiger partial charge in [-0.1, -0.05) is 12.1 Å². The number of primary amides is 1. The van der Waals surface area contributed by atoms with Crippen LogP contribution in [-0.2, 0) is 6.18 Å². The average molecular weight is 404 g/mol. The number of carbonyl (C=O) groups excluding carboxylic acids is 2. The first-order chi connectivity index (χ1) is 13.7. The Morgan fingerprint density at radius 3 is 2.52 bits per heavy atom. The summed E-state index contributed by atoms with van der Waals surface area (Å²) in [7, 11) is 1.30. The van der Waals surface area contributed by atoms with E-state index in [4.69, 9.17) is 10.5 Å². The molecular weight excluding hydrogens is 389 g/mol. The van der Waals surface area contributed by atoms with Crippen molar-refractivity contribution in [2.24, 2.45) is 5.73 Å². The molecule has 0 aliphatic carbocycles. The van der Waals surface area contributed by atoms with Crippen molar-refractivity contribution in [2.45, 2.75) is 6.18 Å². The van der Waals surface area contributed by atoms with E-state index in [9.17, 15) is 22.8 Å². The number of halogens is 3. The second kappa shape index (κ2) is 7.66. The molecule has 29 heavy (non-hydrogen) atoms. The van der Waals surface area contributed by atoms with Gasteiger partial charge in [-0.3, -0.25) is 9.59 Å². The van der Waals surface area contributed by atoms with Gasteiger partial charge in [0.15, 0.2) is 11.4 Å². The van der Waals surface area contributed by atoms with E-state index < -0.39 is 23.6 Å². The number of hydrogen-bond donors (Lipinski definition) is 2. The Labute approximate surface area is 162 Å². The van der Waals surface area contributed by atoms with Crippen molar-refractivity contribution < 1.29 is 27.5 Å². The SMILES string of the molecule is COc1cn(-c2cccc(C(F)(F)F)c2)nc1C(=O)Nc1cccc(C(N)=O)c1. The van der Waals surface area contributed by atoms with Gasteiger partial charge in [0.05, 0.1) is 24.6 Å². The van der Waals surface area contributed by atoms with Crippen molar-refractivity contribution in [3.8, 4) is 11.4 Å². The molecule has 0 saturated carbocycles. The van der Waals surface area contributed by atoms with Crippen LogP contribution in [0.15, 0.2) is 54.7 Å². The monoisotopic (exact) mass is 404 g/mol. The van der Waals surface area contributed by atoms with Crippen LogP contribution >= 0.6 is 0 Å². The highest BCUT2D eigenvalue weighted by molar-refractivity contribution is 6.05. The highest BCUT2D eigenvalue weighted by Gasteiger charge is 2.30. The number of nitrogens with one attached hydrogen (secondary N) is 1. The van der Waals surface area contributed by atoms with Crippen LogP contribution in [-0.4, -0.2) is 28.7 Å². The molecule has 0 aliphatic heterocycles. The molecule has 3 N–H and O–H groups in total. The normalized spacial score (nSPS) is 11.2. The number of rotatable bonds is 5. The number of aromatic nitrogens is 2. The third kappa shape index (κ3) is 4.37. The number of nitrogens with zero attached hydrogens (tertiary/aromatic N) is 2. The van der Waals surface area contributed by atoms with Crippen molar-refractivity contribution in [2.75, 3.05) is 12.4 Å². The molecule has 7 nitrogen and oxygen atoms in total. The molecule has 0 unspecified atom stereocenters. The van der Waals surface area contributed by atoms with Crippen LogP contribution in [0.5, 0.6) is 5.75 Å². The van der Waals surface area contributed by atoms with Gasteiger partial charge >= 0.3 is 6.18 Å². The number of anilines is 1. The highest BCUT2D eigenvalue weighted by Crippen LogP contribution is 2.31. The molecule has 0 atom stereocenters. The quantitative estimate of drug-likeness (QED) is 0.682. The third-order valence-electron chi connectivity index (χ3n) is 3.96. The summed E-state index contributed by atoms with van der Waals surface area (Å²) in [5.41, 5.74) is 4.82. The fourth-order valence-electron chi connectivity index (χ4n) is 2.56. The van der Waals surface area contributed by atoms with Gasteiger partial charge in [0.1, 0.15) is 0 Å². The van der Waals surface area contributed by atoms with Crippen LogP contribution in [0.1, 0.15) is 26.4 Å². The van der Waals surface area contributed by atoms with E-state index in [-0.39, 0.29) is 22.7 Å². The van der Waals surface area contributed by atoms with Gasteiger partial charge in [-0.2, -0.15) is 18.3 Å². The Hall–Kier alpha value is -3.82. The molecule has 0 fully saturated rings. The Morgan fingerprint density at radius 2 is 1.86 bits per heavy atom. The van der Waals surface area contributed by atoms with Crippen LogP contribution in [0.25, 0.3) is 5.69 Å². The topological polar surface area (TPSA) is 99.2 Å². The summed E-state index contributed by atoms with van der Waals surface area (Å²) in [5, 5.41) is 6.59. The molecule has 0 spiro atoms. The first-order valence-corrected chi connectivity index (χ1v) is 8.21. The van der Waals surface area contributed by atoms with E-state index in [2.05, 4.69) is 10.4 Å². The second-order valence-electron chi connectivity index (χ2n) is 5.94. The molecule has 1 heterocycles. The van der Waals surface area contributed by atoms with Crippen LogP contribution in [0, 0.1) is 0 Å². The van der Waals surface area contributed by atoms with Gasteiger partial charge in [-0.05, 0) is 36.4 Å². The van der Waals surface area contributed by atoms with Gasteiger partial charge in [0.2, 0.25) is 5.91 Å². The molecule has 0 saturated heterocycles. The third-order valence-corrected chi connectivity index (χ3v) is 3.96. The number of benzene rings is 2. The van der Waals surface area contributed by atoms with Crippen LogP contribution in [0.3, 0.4) is 0 Å². The fraction of sp³-hybridized carbons (Fsp3) is 0.105. The first-order valence-electron chi connectivity index (χ1n) is 8.21. The summed E-state index contributed by atoms with van der Waals surface area (Å²) in [6, 6.07) is 10.4. The van der Waals surface area contributed by atoms with E-state index in [0.717, 1.165) is 16.8 Å². The number of nitrogens with two attached hydrogens (primary N) is 1. The van der Waals surface area contributed by atoms with Crippen LogP contribution < -0.4 is 15.8 Å². The lowest BCUT2D eigenvalue weighted by Crippen LogP contribution is -2.16. The van der Waals surface area contributed by atoms with Gasteiger partial charge in [0.25, 0.3) is 5.91 Å². The van der Waals surface area contributed by atoms with Crippen LogP contribution in [0.4, 0.5) is 18.9 Å². The van der Waals surface area contributed by atoms with E-state index in [1.165, 1.54) is 43.6 Å². The molecule has 10 heteroatoms. The standard InChI is InChI=1S/C19H15F3N4O3/c1-29-15-10-26(14-7-3-5-12(9-14)19(20,21)22)25-16(15)18(28)24-13-6-2-4-11(8-13)17(23)27/h2-10H,1H3,(H2,23,27)(H,24,28). The summed E-state index contributed by atoms with van der Waals surface area (Å²) in [4.78, 5) is 23.8. The van der Waals surface area contributed by atoms with E-state index in [1.807, 2.05) is 0 Å². The van der Waals surface area contributed by atoms with Gasteiger partial charge < -0.3 is 15.8 Å². The lowest BCUT2D eigenvalue weighted by atomic mass is 10.2. The Balaban J connectivity index is 1.91. The molecule has 3 rings (SSSR count). The van der Waals surface area contributed by atoms with Gasteiger partial charge in [0, 0.05) is 11.3 Å². The van der Waals surface area contributed by atoms with Crippen molar-refractivity contribution >= 4 is 17.5 Å². The number of methoxy groups -OCH3 is 1. The highest BCUT2D eigenvalue weighted by atomic mass is 19.4. The lowest BCUT2D eigenvalue weighted by Gasteiger charge is -2.08. The summed E-state index contributed by atoms with van der Waals surface area (Å²) in [6.07, 6.45) is -3.22. The van der Waals surface area contributed by atoms with E-state index >= 15 is 0 Å². The maximum absolute atomic E-state index is 12.9. The molecule has 1 aromatic heterocycles. The summed E-state index contributed by atoms with van der Waals surface area (Å²) in [5.74, 6) is -1.27. The van der Waals surface area contributed by atoms with Gasteiger partial charge in [-0.25, -0.2) is 4.68 Å². The minimum atomic E-state index is -4.51. The summed E-state index contributed by atoms with van der Waals surface area (Å²) < 4.78 is 45.1. The average Bonchev–Trinajstić information content (AvgIpc) is 3.12. The molecule has 0 radical (unpaired) electrons. The molecule has 2 amide bonds. The molecule has 150 valence electrons. The second-order valence-corrected chi connectivity index (χ2v) is 5.94. The zero-order valence-corrected chi connectivity index (χ0v) is 15.0. The molecular formula is C19H15F3N4O3. The Kier molecular flexibility index (Phi) is 5.26. The zero-order valence-electron chi connectivity index (χ0n) is 15.0. The van der Waals surface area contributed by atoms with Gasteiger partial charge in [-0.15, -0.1) is 0 Å². The molecule has 0 bridgehead atoms. The number of carbonyl (C=O) groups is 2. The number of amides is 2. The maximum atomic E-state index is 12.9. The smallest absolute Gasteiger partial charge is 0.416 e. The van der Waals surface area contributed by atoms with Crippen molar-refractivity contribution in [1.29, 1.82) is 0 Å². The lowest BCUT2D eigenvalue weighted by molar-refractivity contribution is -0.137. The summed E-state index contributed by atoms with van der Waals surface area (Å²) >= 11 is 0. The maximum Gasteiger partial charge on any atom is 0.416 e. The zero-order chi connectivity index (χ0) is 21.2. The summed E-state index contributed by atoms with van der Waals surface area (Å²) in [6.45, 7) is 0. The minimum Gasteiger partial charge on any atom is -0.493 e. The van der Waals surface area contributed by atoms with Crippen molar-refractivity contribution in [1.82, 2.24) is 9.78 Å². The largest absolute Gasteiger partial charge is 0.493 e. The van der Waals surface area contributed by atoms with Crippen LogP contribution in [0.2, 0.25) is 0 Å².